The molecule has 1 fully saturated rings. The lowest BCUT2D eigenvalue weighted by Gasteiger charge is -2.36. The summed E-state index contributed by atoms with van der Waals surface area (Å²) in [5.74, 6) is 3.02. The molecule has 4 rings (SSSR count). The van der Waals surface area contributed by atoms with Gasteiger partial charge in [-0.2, -0.15) is 0 Å². The number of carbonyl (C=O) groups excluding carboxylic acids is 1. The van der Waals surface area contributed by atoms with Crippen LogP contribution in [-0.2, 0) is 4.74 Å². The smallest absolute Gasteiger partial charge is 0.416 e. The van der Waals surface area contributed by atoms with Gasteiger partial charge >= 0.3 is 6.09 Å². The van der Waals surface area contributed by atoms with Gasteiger partial charge in [0.05, 0.1) is 5.56 Å². The van der Waals surface area contributed by atoms with Crippen molar-refractivity contribution in [2.45, 2.75) is 32.8 Å². The van der Waals surface area contributed by atoms with Crippen molar-refractivity contribution in [3.63, 3.8) is 0 Å². The third-order valence-corrected chi connectivity index (χ3v) is 4.05. The number of ether oxygens (including phenoxy) is 1. The summed E-state index contributed by atoms with van der Waals surface area (Å²) in [6.45, 7) is 6.48. The minimum Gasteiger partial charge on any atom is -0.443 e. The zero-order valence-corrected chi connectivity index (χ0v) is 14.2. The molecular formula is C20H20N2O2. The van der Waals surface area contributed by atoms with Gasteiger partial charge in [-0.15, -0.1) is 6.42 Å². The van der Waals surface area contributed by atoms with Crippen molar-refractivity contribution in [3.8, 4) is 23.5 Å². The second-order valence-corrected chi connectivity index (χ2v) is 6.64. The molecule has 122 valence electrons. The highest BCUT2D eigenvalue weighted by molar-refractivity contribution is 5.89. The van der Waals surface area contributed by atoms with E-state index in [2.05, 4.69) is 36.0 Å². The van der Waals surface area contributed by atoms with Crippen LogP contribution in [0.3, 0.4) is 0 Å². The van der Waals surface area contributed by atoms with E-state index in [1.807, 2.05) is 13.8 Å². The summed E-state index contributed by atoms with van der Waals surface area (Å²) >= 11 is 0. The number of rotatable bonds is 1. The van der Waals surface area contributed by atoms with Crippen LogP contribution in [0.1, 0.15) is 31.4 Å². The molecule has 0 N–H and O–H groups in total. The number of hydrogen-bond acceptors (Lipinski definition) is 3. The van der Waals surface area contributed by atoms with E-state index in [9.17, 15) is 4.79 Å². The van der Waals surface area contributed by atoms with Crippen LogP contribution in [0.15, 0.2) is 36.5 Å². The molecule has 1 aliphatic heterocycles. The van der Waals surface area contributed by atoms with Crippen molar-refractivity contribution < 1.29 is 9.53 Å². The predicted octanol–water partition coefficient (Wildman–Crippen LogP) is 4.16. The molecule has 0 radical (unpaired) electrons. The number of terminal acetylenes is 1. The quantitative estimate of drug-likeness (QED) is 0.632. The maximum atomic E-state index is 11.9. The van der Waals surface area contributed by atoms with Crippen LogP contribution in [0.5, 0.6) is 0 Å². The van der Waals surface area contributed by atoms with E-state index in [0.29, 0.717) is 17.9 Å². The Morgan fingerprint density at radius 2 is 2.00 bits per heavy atom. The Morgan fingerprint density at radius 3 is 2.54 bits per heavy atom. The number of hydrogen-bond donors (Lipinski definition) is 0. The molecule has 1 aromatic heterocycles. The molecule has 24 heavy (non-hydrogen) atoms. The predicted molar refractivity (Wildman–Crippen MR) is 94.9 cm³/mol. The number of fused-ring (bicyclic) bond motifs is 1. The highest BCUT2D eigenvalue weighted by Gasteiger charge is 2.34. The summed E-state index contributed by atoms with van der Waals surface area (Å²) in [5.41, 5.74) is 4.46. The van der Waals surface area contributed by atoms with E-state index in [-0.39, 0.29) is 0 Å². The first-order chi connectivity index (χ1) is 11.4. The third kappa shape index (κ3) is 3.41. The topological polar surface area (TPSA) is 42.4 Å². The molecule has 1 saturated heterocycles. The highest BCUT2D eigenvalue weighted by atomic mass is 16.6. The van der Waals surface area contributed by atoms with E-state index in [0.717, 1.165) is 6.42 Å². The first-order valence-corrected chi connectivity index (χ1v) is 7.94. The standard InChI is InChI=1S/C13H14N2O2.C7H6/c1-4-10-6-5-8-14-11(10)15-9-7-13(2,3)17-12(15)16;1-5-2-6-4-7(6)3-5/h1,5-6,8H,7,9H2,2-3H3;2-4H,1H3. The number of pyridine rings is 1. The van der Waals surface area contributed by atoms with Crippen LogP contribution in [0.4, 0.5) is 10.6 Å². The highest BCUT2D eigenvalue weighted by Crippen LogP contribution is 2.35. The van der Waals surface area contributed by atoms with Crippen LogP contribution in [0, 0.1) is 19.3 Å². The van der Waals surface area contributed by atoms with Crippen molar-refractivity contribution in [2.75, 3.05) is 11.4 Å². The lowest BCUT2D eigenvalue weighted by molar-refractivity contribution is 0.0234. The maximum absolute atomic E-state index is 11.9. The molecule has 4 nitrogen and oxygen atoms in total. The van der Waals surface area contributed by atoms with E-state index in [1.165, 1.54) is 21.6 Å². The minimum absolute atomic E-state index is 0.392. The Hall–Kier alpha value is -2.80. The van der Waals surface area contributed by atoms with Gasteiger partial charge in [-0.1, -0.05) is 18.1 Å². The van der Waals surface area contributed by atoms with Crippen molar-refractivity contribution in [1.29, 1.82) is 0 Å². The number of nitrogens with zero attached hydrogens (tertiary/aromatic N) is 2. The summed E-state index contributed by atoms with van der Waals surface area (Å²) in [7, 11) is 0. The summed E-state index contributed by atoms with van der Waals surface area (Å²) in [4.78, 5) is 17.5. The molecule has 0 atom stereocenters. The van der Waals surface area contributed by atoms with Crippen LogP contribution < -0.4 is 4.90 Å². The number of anilines is 1. The number of cyclic esters (lactones) is 1. The van der Waals surface area contributed by atoms with Crippen molar-refractivity contribution >= 4 is 11.9 Å². The van der Waals surface area contributed by atoms with Crippen molar-refractivity contribution in [3.05, 3.63) is 47.7 Å². The number of aryl methyl sites for hydroxylation is 1. The van der Waals surface area contributed by atoms with E-state index < -0.39 is 11.7 Å². The van der Waals surface area contributed by atoms with Gasteiger partial charge in [0.15, 0.2) is 5.82 Å². The van der Waals surface area contributed by atoms with Gasteiger partial charge in [0.2, 0.25) is 0 Å². The Labute approximate surface area is 142 Å². The molecule has 2 aliphatic carbocycles. The maximum Gasteiger partial charge on any atom is 0.416 e. The molecule has 0 spiro atoms. The SMILES string of the molecule is C#Cc1cccnc1N1CCC(C)(C)OC1=O.Cc1cc2cc-2c1. The Morgan fingerprint density at radius 1 is 1.29 bits per heavy atom. The fourth-order valence-corrected chi connectivity index (χ4v) is 2.65. The van der Waals surface area contributed by atoms with Gasteiger partial charge < -0.3 is 4.74 Å². The summed E-state index contributed by atoms with van der Waals surface area (Å²) in [5, 5.41) is 0. The molecule has 0 bridgehead atoms. The second-order valence-electron chi connectivity index (χ2n) is 6.64. The van der Waals surface area contributed by atoms with Crippen LogP contribution in [-0.4, -0.2) is 23.2 Å². The van der Waals surface area contributed by atoms with E-state index in [1.54, 1.807) is 18.3 Å². The van der Waals surface area contributed by atoms with Gasteiger partial charge in [-0.3, -0.25) is 4.90 Å². The van der Waals surface area contributed by atoms with Gasteiger partial charge in [0.1, 0.15) is 5.60 Å². The first kappa shape index (κ1) is 16.1. The number of amides is 1. The molecule has 0 unspecified atom stereocenters. The lowest BCUT2D eigenvalue weighted by Crippen LogP contribution is -2.47. The molecule has 1 aromatic rings. The average molecular weight is 320 g/mol. The third-order valence-electron chi connectivity index (χ3n) is 4.05. The van der Waals surface area contributed by atoms with Crippen molar-refractivity contribution in [2.24, 2.45) is 0 Å². The van der Waals surface area contributed by atoms with Gasteiger partial charge in [0.25, 0.3) is 0 Å². The summed E-state index contributed by atoms with van der Waals surface area (Å²) in [6.07, 6.45) is 7.36. The normalized spacial score (nSPS) is 16.4. The molecule has 0 saturated carbocycles. The number of carbonyl (C=O) groups is 1. The van der Waals surface area contributed by atoms with Crippen LogP contribution >= 0.6 is 0 Å². The molecule has 2 heterocycles. The molecule has 1 amide bonds. The summed E-state index contributed by atoms with van der Waals surface area (Å²) < 4.78 is 5.32. The molecule has 4 heteroatoms. The minimum atomic E-state index is -0.418. The monoisotopic (exact) mass is 320 g/mol. The van der Waals surface area contributed by atoms with Crippen LogP contribution in [0.2, 0.25) is 0 Å². The first-order valence-electron chi connectivity index (χ1n) is 7.94. The van der Waals surface area contributed by atoms with Gasteiger partial charge in [-0.05, 0) is 55.7 Å². The average Bonchev–Trinajstić information content (AvgIpc) is 3.14. The zero-order valence-electron chi connectivity index (χ0n) is 14.2. The number of benzene rings is 1. The zero-order chi connectivity index (χ0) is 17.3. The second kappa shape index (κ2) is 6.01. The van der Waals surface area contributed by atoms with E-state index in [4.69, 9.17) is 11.2 Å². The lowest BCUT2D eigenvalue weighted by atomic mass is 10.0. The van der Waals surface area contributed by atoms with E-state index >= 15 is 0 Å². The van der Waals surface area contributed by atoms with Crippen LogP contribution in [0.25, 0.3) is 11.1 Å². The van der Waals surface area contributed by atoms with Crippen molar-refractivity contribution in [1.82, 2.24) is 4.98 Å². The Kier molecular flexibility index (Phi) is 4.02. The number of aromatic nitrogens is 1. The molecule has 0 aromatic carbocycles. The summed E-state index contributed by atoms with van der Waals surface area (Å²) in [6, 6.07) is 10.1. The fraction of sp³-hybridized carbons (Fsp3) is 0.300. The molecule has 3 aliphatic rings. The Bertz CT molecular complexity index is 814. The Balaban J connectivity index is 0.000000198. The largest absolute Gasteiger partial charge is 0.443 e. The van der Waals surface area contributed by atoms with Gasteiger partial charge in [-0.25, -0.2) is 9.78 Å². The molecular weight excluding hydrogens is 300 g/mol. The van der Waals surface area contributed by atoms with Gasteiger partial charge in [0, 0.05) is 19.2 Å². The fourth-order valence-electron chi connectivity index (χ4n) is 2.65.